The molecule has 6 nitrogen and oxygen atoms in total. The molecule has 2 aromatic carbocycles. The smallest absolute Gasteiger partial charge is 0.138 e. The molecule has 0 unspecified atom stereocenters. The van der Waals surface area contributed by atoms with E-state index in [4.69, 9.17) is 44.4 Å². The average Bonchev–Trinajstić information content (AvgIpc) is 3.15. The number of hydroxylamine groups is 1. The molecular formula is C18H15Cl3N4O2. The van der Waals surface area contributed by atoms with Gasteiger partial charge in [0.15, 0.2) is 0 Å². The van der Waals surface area contributed by atoms with Crippen LogP contribution in [-0.2, 0) is 4.84 Å². The molecule has 3 rings (SSSR count). The third-order valence-electron chi connectivity index (χ3n) is 3.37. The average molecular weight is 426 g/mol. The zero-order valence-corrected chi connectivity index (χ0v) is 16.2. The highest BCUT2D eigenvalue weighted by atomic mass is 35.5. The molecule has 1 aromatic heterocycles. The van der Waals surface area contributed by atoms with Crippen molar-refractivity contribution in [1.82, 2.24) is 20.2 Å². The van der Waals surface area contributed by atoms with Gasteiger partial charge in [-0.15, -0.1) is 0 Å². The second-order valence-corrected chi connectivity index (χ2v) is 6.58. The summed E-state index contributed by atoms with van der Waals surface area (Å²) >= 11 is 18.1. The lowest BCUT2D eigenvalue weighted by atomic mass is 10.2. The van der Waals surface area contributed by atoms with E-state index in [-0.39, 0.29) is 0 Å². The molecule has 0 fully saturated rings. The first-order chi connectivity index (χ1) is 13.1. The number of ether oxygens (including phenoxy) is 1. The van der Waals surface area contributed by atoms with Crippen LogP contribution in [0.25, 0.3) is 11.9 Å². The maximum absolute atomic E-state index is 6.30. The van der Waals surface area contributed by atoms with E-state index in [2.05, 4.69) is 15.6 Å². The van der Waals surface area contributed by atoms with Crippen LogP contribution in [0.3, 0.4) is 0 Å². The summed E-state index contributed by atoms with van der Waals surface area (Å²) in [7, 11) is 0. The first-order valence-corrected chi connectivity index (χ1v) is 9.03. The van der Waals surface area contributed by atoms with Crippen molar-refractivity contribution in [3.8, 4) is 5.75 Å². The molecule has 0 aliphatic carbocycles. The van der Waals surface area contributed by atoms with Gasteiger partial charge in [0, 0.05) is 15.6 Å². The van der Waals surface area contributed by atoms with E-state index in [1.54, 1.807) is 55.0 Å². The van der Waals surface area contributed by atoms with Crippen molar-refractivity contribution in [2.75, 3.05) is 13.2 Å². The molecule has 0 atom stereocenters. The zero-order valence-electron chi connectivity index (χ0n) is 14.0. The topological polar surface area (TPSA) is 61.2 Å². The van der Waals surface area contributed by atoms with Crippen molar-refractivity contribution in [2.45, 2.75) is 0 Å². The molecule has 0 aliphatic rings. The van der Waals surface area contributed by atoms with Gasteiger partial charge in [0.05, 0.1) is 16.9 Å². The van der Waals surface area contributed by atoms with Crippen molar-refractivity contribution in [2.24, 2.45) is 0 Å². The molecule has 27 heavy (non-hydrogen) atoms. The van der Waals surface area contributed by atoms with Crippen molar-refractivity contribution in [1.29, 1.82) is 0 Å². The lowest BCUT2D eigenvalue weighted by Crippen LogP contribution is -2.18. The molecule has 1 heterocycles. The number of rotatable bonds is 8. The van der Waals surface area contributed by atoms with E-state index in [0.717, 1.165) is 0 Å². The van der Waals surface area contributed by atoms with Gasteiger partial charge >= 0.3 is 0 Å². The molecule has 0 aliphatic heterocycles. The fraction of sp³-hybridized carbons (Fsp3) is 0.111. The number of benzene rings is 2. The normalized spacial score (nSPS) is 11.4. The van der Waals surface area contributed by atoms with Crippen LogP contribution in [0.5, 0.6) is 5.75 Å². The van der Waals surface area contributed by atoms with Crippen molar-refractivity contribution in [3.63, 3.8) is 0 Å². The van der Waals surface area contributed by atoms with E-state index >= 15 is 0 Å². The summed E-state index contributed by atoms with van der Waals surface area (Å²) in [6.07, 6.45) is 4.68. The molecule has 0 amide bonds. The standard InChI is InChI=1S/C18H15Cl3N4O2/c19-13-1-4-15(5-2-13)26-7-8-27-24-18(10-25-12-22-11-23-25)16-6-3-14(20)9-17(16)21/h1-6,9-12,24H,7-8H2. The van der Waals surface area contributed by atoms with E-state index in [1.807, 2.05) is 0 Å². The summed E-state index contributed by atoms with van der Waals surface area (Å²) in [6, 6.07) is 12.3. The fourth-order valence-corrected chi connectivity index (χ4v) is 2.77. The Bertz CT molecular complexity index is 899. The monoisotopic (exact) mass is 424 g/mol. The number of aromatic nitrogens is 3. The summed E-state index contributed by atoms with van der Waals surface area (Å²) in [4.78, 5) is 9.42. The molecule has 0 spiro atoms. The minimum atomic E-state index is 0.294. The summed E-state index contributed by atoms with van der Waals surface area (Å²) in [5.74, 6) is 0.710. The second kappa shape index (κ2) is 9.62. The van der Waals surface area contributed by atoms with Crippen LogP contribution in [0.1, 0.15) is 5.56 Å². The van der Waals surface area contributed by atoms with Crippen molar-refractivity contribution in [3.05, 3.63) is 75.8 Å². The molecule has 3 aromatic rings. The molecule has 0 bridgehead atoms. The predicted octanol–water partition coefficient (Wildman–Crippen LogP) is 4.79. The van der Waals surface area contributed by atoms with E-state index in [0.29, 0.717) is 45.3 Å². The minimum absolute atomic E-state index is 0.294. The van der Waals surface area contributed by atoms with Gasteiger partial charge < -0.3 is 4.74 Å². The molecule has 0 saturated heterocycles. The van der Waals surface area contributed by atoms with Gasteiger partial charge in [0.1, 0.15) is 31.6 Å². The maximum Gasteiger partial charge on any atom is 0.138 e. The first kappa shape index (κ1) is 19.5. The fourth-order valence-electron chi connectivity index (χ4n) is 2.14. The Labute approximate surface area is 171 Å². The molecule has 0 saturated carbocycles. The van der Waals surface area contributed by atoms with Crippen LogP contribution in [0, 0.1) is 0 Å². The van der Waals surface area contributed by atoms with Gasteiger partial charge in [-0.1, -0.05) is 34.8 Å². The minimum Gasteiger partial charge on any atom is -0.491 e. The van der Waals surface area contributed by atoms with E-state index in [1.165, 1.54) is 11.0 Å². The summed E-state index contributed by atoms with van der Waals surface area (Å²) in [6.45, 7) is 0.641. The number of hydrogen-bond donors (Lipinski definition) is 1. The number of hydrogen-bond acceptors (Lipinski definition) is 5. The Morgan fingerprint density at radius 3 is 2.52 bits per heavy atom. The Morgan fingerprint density at radius 1 is 1.04 bits per heavy atom. The lowest BCUT2D eigenvalue weighted by molar-refractivity contribution is 0.0542. The van der Waals surface area contributed by atoms with Crippen LogP contribution in [-0.4, -0.2) is 28.0 Å². The van der Waals surface area contributed by atoms with Crippen LogP contribution >= 0.6 is 34.8 Å². The molecule has 0 radical (unpaired) electrons. The predicted molar refractivity (Wildman–Crippen MR) is 107 cm³/mol. The Hall–Kier alpha value is -2.25. The highest BCUT2D eigenvalue weighted by Gasteiger charge is 2.09. The van der Waals surface area contributed by atoms with Gasteiger partial charge in [0.25, 0.3) is 0 Å². The van der Waals surface area contributed by atoms with Crippen molar-refractivity contribution >= 4 is 46.7 Å². The lowest BCUT2D eigenvalue weighted by Gasteiger charge is -2.13. The van der Waals surface area contributed by atoms with Gasteiger partial charge in [-0.3, -0.25) is 10.3 Å². The van der Waals surface area contributed by atoms with Crippen LogP contribution in [0.2, 0.25) is 15.1 Å². The summed E-state index contributed by atoms with van der Waals surface area (Å²) in [5.41, 5.74) is 4.17. The summed E-state index contributed by atoms with van der Waals surface area (Å²) in [5, 5.41) is 5.72. The van der Waals surface area contributed by atoms with Crippen LogP contribution in [0.4, 0.5) is 0 Å². The first-order valence-electron chi connectivity index (χ1n) is 7.89. The van der Waals surface area contributed by atoms with Crippen LogP contribution in [0.15, 0.2) is 55.1 Å². The number of nitrogens with zero attached hydrogens (tertiary/aromatic N) is 3. The number of nitrogens with one attached hydrogen (secondary N) is 1. The second-order valence-electron chi connectivity index (χ2n) is 5.30. The molecular weight excluding hydrogens is 411 g/mol. The third-order valence-corrected chi connectivity index (χ3v) is 4.17. The van der Waals surface area contributed by atoms with Crippen molar-refractivity contribution < 1.29 is 9.57 Å². The zero-order chi connectivity index (χ0) is 19.1. The van der Waals surface area contributed by atoms with Gasteiger partial charge in [-0.2, -0.15) is 5.10 Å². The van der Waals surface area contributed by atoms with Crippen LogP contribution < -0.4 is 10.2 Å². The van der Waals surface area contributed by atoms with E-state index in [9.17, 15) is 0 Å². The SMILES string of the molecule is Clc1ccc(OCCONC(=Cn2cncn2)c2ccc(Cl)cc2Cl)cc1. The number of halogens is 3. The Kier molecular flexibility index (Phi) is 6.95. The van der Waals surface area contributed by atoms with E-state index < -0.39 is 0 Å². The highest BCUT2D eigenvalue weighted by molar-refractivity contribution is 6.35. The Morgan fingerprint density at radius 2 is 1.81 bits per heavy atom. The molecule has 1 N–H and O–H groups in total. The van der Waals surface area contributed by atoms with Gasteiger partial charge in [-0.25, -0.2) is 9.67 Å². The highest BCUT2D eigenvalue weighted by Crippen LogP contribution is 2.26. The largest absolute Gasteiger partial charge is 0.491 e. The molecule has 140 valence electrons. The third kappa shape index (κ3) is 5.87. The maximum atomic E-state index is 6.30. The van der Waals surface area contributed by atoms with Gasteiger partial charge in [-0.05, 0) is 42.5 Å². The Balaban J connectivity index is 1.61. The van der Waals surface area contributed by atoms with Gasteiger partial charge in [0.2, 0.25) is 0 Å². The molecule has 9 heteroatoms. The summed E-state index contributed by atoms with van der Waals surface area (Å²) < 4.78 is 7.11. The quantitative estimate of drug-likeness (QED) is 0.415.